The van der Waals surface area contributed by atoms with Crippen LogP contribution in [0.3, 0.4) is 0 Å². The largest absolute Gasteiger partial charge is 0.433 e. The second-order valence-electron chi connectivity index (χ2n) is 22.1. The molecule has 12 rings (SSSR count). The van der Waals surface area contributed by atoms with E-state index in [1.807, 2.05) is 31.7 Å². The summed E-state index contributed by atoms with van der Waals surface area (Å²) in [6.07, 6.45) is 1.55. The van der Waals surface area contributed by atoms with Crippen molar-refractivity contribution in [3.05, 3.63) is 93.0 Å². The molecule has 4 saturated carbocycles. The number of carbonyl (C=O) groups excluding carboxylic acids is 5. The molecule has 6 heterocycles. The maximum Gasteiger partial charge on any atom is 0.433 e. The van der Waals surface area contributed by atoms with Gasteiger partial charge < -0.3 is 25.8 Å². The minimum Gasteiger partial charge on any atom is -0.384 e. The van der Waals surface area contributed by atoms with Crippen molar-refractivity contribution in [1.82, 2.24) is 30.7 Å². The lowest BCUT2D eigenvalue weighted by Crippen LogP contribution is -2.79. The van der Waals surface area contributed by atoms with E-state index in [4.69, 9.17) is 11.6 Å². The van der Waals surface area contributed by atoms with Crippen molar-refractivity contribution in [2.24, 2.45) is 22.2 Å². The van der Waals surface area contributed by atoms with Crippen molar-refractivity contribution in [1.29, 1.82) is 0 Å². The first kappa shape index (κ1) is 44.9. The minimum absolute atomic E-state index is 0.0713. The number of nitrogens with zero attached hydrogens (tertiary/aromatic N) is 3. The first-order valence-corrected chi connectivity index (χ1v) is 23.9. The summed E-state index contributed by atoms with van der Waals surface area (Å²) in [6, 6.07) is 8.85. The summed E-state index contributed by atoms with van der Waals surface area (Å²) in [7, 11) is 0. The number of nitrogens with one attached hydrogen (secondary N) is 4. The summed E-state index contributed by atoms with van der Waals surface area (Å²) < 4.78 is 58.0. The van der Waals surface area contributed by atoms with Crippen LogP contribution in [-0.2, 0) is 37.3 Å². The molecule has 12 nitrogen and oxygen atoms in total. The van der Waals surface area contributed by atoms with Crippen molar-refractivity contribution in [3.63, 3.8) is 0 Å². The lowest BCUT2D eigenvalue weighted by molar-refractivity contribution is -0.195. The number of benzene rings is 2. The van der Waals surface area contributed by atoms with E-state index in [2.05, 4.69) is 38.1 Å². The van der Waals surface area contributed by atoms with Gasteiger partial charge in [-0.1, -0.05) is 62.4 Å². The molecule has 1 unspecified atom stereocenters. The Balaban J connectivity index is 0.783. The van der Waals surface area contributed by atoms with E-state index in [0.29, 0.717) is 49.9 Å². The quantitative estimate of drug-likeness (QED) is 0.123. The third-order valence-electron chi connectivity index (χ3n) is 16.5. The number of aromatic nitrogens is 1. The van der Waals surface area contributed by atoms with Crippen molar-refractivity contribution in [2.75, 3.05) is 25.0 Å². The summed E-state index contributed by atoms with van der Waals surface area (Å²) in [4.78, 5) is 74.3. The van der Waals surface area contributed by atoms with Crippen LogP contribution < -0.4 is 21.3 Å². The number of pyridine rings is 1. The third kappa shape index (κ3) is 7.03. The second-order valence-corrected chi connectivity index (χ2v) is 22.5. The van der Waals surface area contributed by atoms with E-state index in [0.717, 1.165) is 36.5 Å². The number of hydrogen-bond donors (Lipinski definition) is 4. The van der Waals surface area contributed by atoms with Gasteiger partial charge in [0, 0.05) is 95.4 Å². The monoisotopic (exact) mass is 953 g/mol. The van der Waals surface area contributed by atoms with Gasteiger partial charge >= 0.3 is 6.18 Å². The van der Waals surface area contributed by atoms with E-state index < -0.39 is 64.0 Å². The van der Waals surface area contributed by atoms with Crippen molar-refractivity contribution in [2.45, 2.75) is 126 Å². The number of rotatable bonds is 6. The van der Waals surface area contributed by atoms with Gasteiger partial charge in [-0.05, 0) is 92.2 Å². The molecule has 2 spiro atoms. The first-order valence-electron chi connectivity index (χ1n) is 23.6. The van der Waals surface area contributed by atoms with Gasteiger partial charge in [0.25, 0.3) is 5.91 Å². The number of imide groups is 1. The Labute approximate surface area is 396 Å². The molecule has 5 amide bonds. The van der Waals surface area contributed by atoms with Crippen LogP contribution in [0.15, 0.2) is 48.7 Å². The lowest BCUT2D eigenvalue weighted by Gasteiger charge is -2.70. The standard InChI is InChI=1S/C51H52ClF4N7O5/c1-46(2,3)19-37-50(25-58-34-17-36(51(54,55)56)57-20-32(34)50)39(30-9-5-10-33(52)40(30)53)41(59-37)43(66)61-49-22-48(23-49,24-49)45(68)62-16-6-15-47(26-62)18-28(47)12-11-27-7-4-8-29-31(27)21-63(44(29)67)35-13-14-38(64)60-42(35)65/h4-5,7-10,17,20,28,35,37,39,41,58-59H,6,13-16,18-19,21-26H2,1-3H3,(H,61,66)(H,60,64,65)/t28-,35?,37+,39+,41-,47-,48?,49?,50+/m1/s1. The highest BCUT2D eigenvalue weighted by molar-refractivity contribution is 6.30. The zero-order chi connectivity index (χ0) is 47.9. The molecule has 9 aliphatic rings. The highest BCUT2D eigenvalue weighted by atomic mass is 35.5. The molecule has 2 bridgehead atoms. The predicted octanol–water partition coefficient (Wildman–Crippen LogP) is 6.60. The molecule has 3 saturated heterocycles. The third-order valence-corrected chi connectivity index (χ3v) is 16.8. The fraction of sp³-hybridized carbons (Fsp3) is 0.529. The summed E-state index contributed by atoms with van der Waals surface area (Å²) in [5.41, 5.74) is -0.870. The fourth-order valence-electron chi connectivity index (χ4n) is 13.4. The van der Waals surface area contributed by atoms with Gasteiger partial charge in [0.2, 0.25) is 23.6 Å². The number of halogens is 5. The molecule has 4 aliphatic carbocycles. The molecule has 7 atom stereocenters. The molecule has 1 aromatic heterocycles. The molecule has 4 N–H and O–H groups in total. The summed E-state index contributed by atoms with van der Waals surface area (Å²) >= 11 is 6.39. The van der Waals surface area contributed by atoms with Gasteiger partial charge in [0.1, 0.15) is 17.6 Å². The number of carbonyl (C=O) groups is 5. The molecule has 68 heavy (non-hydrogen) atoms. The number of piperidine rings is 2. The normalized spacial score (nSPS) is 33.2. The molecule has 17 heteroatoms. The number of anilines is 1. The Morgan fingerprint density at radius 3 is 2.56 bits per heavy atom. The van der Waals surface area contributed by atoms with Crippen LogP contribution in [-0.4, -0.2) is 87.6 Å². The lowest BCUT2D eigenvalue weighted by atomic mass is 9.38. The van der Waals surface area contributed by atoms with Crippen molar-refractivity contribution >= 4 is 46.8 Å². The predicted molar refractivity (Wildman–Crippen MR) is 241 cm³/mol. The molecule has 7 fully saturated rings. The summed E-state index contributed by atoms with van der Waals surface area (Å²) in [6.45, 7) is 7.72. The highest BCUT2D eigenvalue weighted by Gasteiger charge is 2.74. The van der Waals surface area contributed by atoms with Crippen LogP contribution in [0.4, 0.5) is 23.2 Å². The summed E-state index contributed by atoms with van der Waals surface area (Å²) in [5, 5.41) is 12.2. The average Bonchev–Trinajstić information content (AvgIpc) is 3.47. The number of alkyl halides is 3. The zero-order valence-corrected chi connectivity index (χ0v) is 38.7. The van der Waals surface area contributed by atoms with Crippen LogP contribution in [0.1, 0.15) is 123 Å². The molecule has 0 radical (unpaired) electrons. The van der Waals surface area contributed by atoms with Crippen LogP contribution in [0, 0.1) is 39.8 Å². The van der Waals surface area contributed by atoms with Crippen LogP contribution in [0.25, 0.3) is 0 Å². The van der Waals surface area contributed by atoms with Gasteiger partial charge in [0.05, 0.1) is 16.5 Å². The van der Waals surface area contributed by atoms with E-state index in [9.17, 15) is 37.1 Å². The van der Waals surface area contributed by atoms with Crippen molar-refractivity contribution in [3.8, 4) is 11.8 Å². The maximum atomic E-state index is 16.3. The Kier molecular flexibility index (Phi) is 10.1. The van der Waals surface area contributed by atoms with Gasteiger partial charge in [-0.15, -0.1) is 0 Å². The minimum atomic E-state index is -4.68. The van der Waals surface area contributed by atoms with Crippen LogP contribution in [0.5, 0.6) is 0 Å². The Bertz CT molecular complexity index is 2780. The van der Waals surface area contributed by atoms with Crippen LogP contribution in [0.2, 0.25) is 5.02 Å². The maximum absolute atomic E-state index is 16.3. The fourth-order valence-corrected chi connectivity index (χ4v) is 13.5. The van der Waals surface area contributed by atoms with Crippen molar-refractivity contribution < 1.29 is 41.5 Å². The Hall–Kier alpha value is -5.53. The SMILES string of the molecule is CC(C)(C)C[C@@H]1N[C@@H](C(=O)NC23CC(C(=O)N4CCC[C@@]5(C[C@H]5C#Cc5cccc6c5CN(C5CCC(=O)NC5=O)C6=O)C4)(C2)C3)[C@H](c2cccc(Cl)c2F)[C@]12CNc1cc(C(F)(F)F)ncc12. The molecular weight excluding hydrogens is 902 g/mol. The molecule has 5 aliphatic heterocycles. The molecular formula is C51H52ClF4N7O5. The first-order chi connectivity index (χ1) is 32.1. The average molecular weight is 954 g/mol. The van der Waals surface area contributed by atoms with E-state index >= 15 is 4.39 Å². The van der Waals surface area contributed by atoms with E-state index in [-0.39, 0.29) is 82.6 Å². The van der Waals surface area contributed by atoms with Crippen LogP contribution >= 0.6 is 11.6 Å². The number of likely N-dealkylation sites (tertiary alicyclic amines) is 1. The van der Waals surface area contributed by atoms with Gasteiger partial charge in [-0.25, -0.2) is 4.39 Å². The van der Waals surface area contributed by atoms with E-state index in [1.54, 1.807) is 24.3 Å². The number of hydrogen-bond acceptors (Lipinski definition) is 8. The van der Waals surface area contributed by atoms with Gasteiger partial charge in [-0.3, -0.25) is 34.3 Å². The van der Waals surface area contributed by atoms with E-state index in [1.165, 1.54) is 17.2 Å². The Morgan fingerprint density at radius 2 is 1.82 bits per heavy atom. The molecule has 356 valence electrons. The number of amides is 5. The highest BCUT2D eigenvalue weighted by Crippen LogP contribution is 2.69. The summed E-state index contributed by atoms with van der Waals surface area (Å²) in [5.74, 6) is 3.97. The zero-order valence-electron chi connectivity index (χ0n) is 38.0. The smallest absolute Gasteiger partial charge is 0.384 e. The second kappa shape index (κ2) is 15.2. The Morgan fingerprint density at radius 1 is 1.06 bits per heavy atom. The topological polar surface area (TPSA) is 153 Å². The van der Waals surface area contributed by atoms with Gasteiger partial charge in [0.15, 0.2) is 0 Å². The molecule has 3 aromatic rings. The number of fused-ring (bicyclic) bond motifs is 3. The molecule has 2 aromatic carbocycles. The van der Waals surface area contributed by atoms with Gasteiger partial charge in [-0.2, -0.15) is 13.2 Å².